The monoisotopic (exact) mass is 325 g/mol. The van der Waals surface area contributed by atoms with Gasteiger partial charge in [-0.2, -0.15) is 5.10 Å². The van der Waals surface area contributed by atoms with E-state index in [4.69, 9.17) is 0 Å². The number of nitrogens with zero attached hydrogens (tertiary/aromatic N) is 2. The lowest BCUT2D eigenvalue weighted by molar-refractivity contribution is 0.972. The van der Waals surface area contributed by atoms with Gasteiger partial charge in [0.15, 0.2) is 5.82 Å². The highest BCUT2D eigenvalue weighted by Crippen LogP contribution is 2.32. The lowest BCUT2D eigenvalue weighted by atomic mass is 9.93. The van der Waals surface area contributed by atoms with E-state index in [1.807, 2.05) is 0 Å². The predicted octanol–water partition coefficient (Wildman–Crippen LogP) is 5.04. The third-order valence-electron chi connectivity index (χ3n) is 4.35. The van der Waals surface area contributed by atoms with Crippen LogP contribution in [0.3, 0.4) is 0 Å². The molecule has 0 atom stereocenters. The molecule has 1 aromatic heterocycles. The van der Waals surface area contributed by atoms with E-state index >= 15 is 0 Å². The zero-order valence-electron chi connectivity index (χ0n) is 14.1. The van der Waals surface area contributed by atoms with Gasteiger partial charge in [0.2, 0.25) is 0 Å². The van der Waals surface area contributed by atoms with Crippen molar-refractivity contribution in [2.45, 2.75) is 13.3 Å². The largest absolute Gasteiger partial charge is 0.266 e. The summed E-state index contributed by atoms with van der Waals surface area (Å²) >= 11 is 0. The summed E-state index contributed by atoms with van der Waals surface area (Å²) in [6.07, 6.45) is 2.35. The summed E-state index contributed by atoms with van der Waals surface area (Å²) in [4.78, 5) is 4.19. The first-order valence-corrected chi connectivity index (χ1v) is 8.39. The van der Waals surface area contributed by atoms with E-state index in [1.165, 1.54) is 33.4 Å². The van der Waals surface area contributed by atoms with Crippen molar-refractivity contribution in [3.63, 3.8) is 0 Å². The van der Waals surface area contributed by atoms with Crippen LogP contribution in [0.5, 0.6) is 0 Å². The minimum atomic E-state index is 0.739. The molecule has 0 amide bonds. The molecule has 1 N–H and O–H groups in total. The Morgan fingerprint density at radius 3 is 2.24 bits per heavy atom. The maximum Gasteiger partial charge on any atom is 0.154 e. The van der Waals surface area contributed by atoms with Gasteiger partial charge in [0, 0.05) is 6.42 Å². The standard InChI is InChI=1S/C22H19N3/c1-16-5-4-6-19(13-16)21-8-3-2-7-20(21)18-11-9-17(10-12-18)14-22-23-15-24-25-22/h2-13,15H,14H2,1H3,(H,23,24,25). The van der Waals surface area contributed by atoms with E-state index in [2.05, 4.69) is 94.9 Å². The van der Waals surface area contributed by atoms with Crippen LogP contribution in [0.4, 0.5) is 0 Å². The van der Waals surface area contributed by atoms with Crippen LogP contribution in [0.15, 0.2) is 79.1 Å². The van der Waals surface area contributed by atoms with Gasteiger partial charge < -0.3 is 0 Å². The van der Waals surface area contributed by atoms with Crippen molar-refractivity contribution in [3.8, 4) is 22.3 Å². The van der Waals surface area contributed by atoms with Crippen molar-refractivity contribution in [1.82, 2.24) is 15.2 Å². The van der Waals surface area contributed by atoms with E-state index in [9.17, 15) is 0 Å². The van der Waals surface area contributed by atoms with Crippen molar-refractivity contribution in [2.24, 2.45) is 0 Å². The smallest absolute Gasteiger partial charge is 0.154 e. The summed E-state index contributed by atoms with van der Waals surface area (Å²) < 4.78 is 0. The fraction of sp³-hybridized carbons (Fsp3) is 0.0909. The molecule has 25 heavy (non-hydrogen) atoms. The molecular weight excluding hydrogens is 306 g/mol. The molecule has 0 bridgehead atoms. The molecular formula is C22H19N3. The van der Waals surface area contributed by atoms with E-state index in [0.29, 0.717) is 0 Å². The quantitative estimate of drug-likeness (QED) is 0.571. The molecule has 0 unspecified atom stereocenters. The van der Waals surface area contributed by atoms with Crippen molar-refractivity contribution in [1.29, 1.82) is 0 Å². The minimum Gasteiger partial charge on any atom is -0.266 e. The molecule has 0 aliphatic carbocycles. The first kappa shape index (κ1) is 15.3. The summed E-state index contributed by atoms with van der Waals surface area (Å²) in [5, 5.41) is 6.87. The first-order chi connectivity index (χ1) is 12.3. The van der Waals surface area contributed by atoms with Gasteiger partial charge in [0.1, 0.15) is 6.33 Å². The molecule has 4 rings (SSSR count). The molecule has 0 aliphatic heterocycles. The molecule has 122 valence electrons. The van der Waals surface area contributed by atoms with Crippen LogP contribution in [0.2, 0.25) is 0 Å². The molecule has 0 saturated carbocycles. The Morgan fingerprint density at radius 2 is 1.56 bits per heavy atom. The summed E-state index contributed by atoms with van der Waals surface area (Å²) in [5.74, 6) is 0.813. The summed E-state index contributed by atoms with van der Waals surface area (Å²) in [6, 6.07) is 25.9. The molecule has 1 heterocycles. The van der Waals surface area contributed by atoms with Crippen LogP contribution in [0.1, 0.15) is 17.0 Å². The van der Waals surface area contributed by atoms with Crippen LogP contribution in [0, 0.1) is 6.92 Å². The highest BCUT2D eigenvalue weighted by atomic mass is 15.2. The van der Waals surface area contributed by atoms with Gasteiger partial charge >= 0.3 is 0 Å². The van der Waals surface area contributed by atoms with Crippen molar-refractivity contribution < 1.29 is 0 Å². The average Bonchev–Trinajstić information content (AvgIpc) is 3.15. The third-order valence-corrected chi connectivity index (χ3v) is 4.35. The van der Waals surface area contributed by atoms with Crippen molar-refractivity contribution in [2.75, 3.05) is 0 Å². The van der Waals surface area contributed by atoms with Gasteiger partial charge in [-0.15, -0.1) is 0 Å². The predicted molar refractivity (Wildman–Crippen MR) is 101 cm³/mol. The Bertz CT molecular complexity index is 970. The van der Waals surface area contributed by atoms with Gasteiger partial charge in [-0.25, -0.2) is 4.98 Å². The van der Waals surface area contributed by atoms with Crippen LogP contribution in [-0.4, -0.2) is 15.2 Å². The van der Waals surface area contributed by atoms with Crippen molar-refractivity contribution in [3.05, 3.63) is 96.1 Å². The summed E-state index contributed by atoms with van der Waals surface area (Å²) in [6.45, 7) is 2.13. The van der Waals surface area contributed by atoms with Crippen LogP contribution in [0.25, 0.3) is 22.3 Å². The Balaban J connectivity index is 1.68. The Labute approximate surface area is 147 Å². The molecule has 3 nitrogen and oxygen atoms in total. The fourth-order valence-electron chi connectivity index (χ4n) is 3.10. The topological polar surface area (TPSA) is 41.6 Å². The molecule has 3 aromatic carbocycles. The second-order valence-electron chi connectivity index (χ2n) is 6.20. The Kier molecular flexibility index (Phi) is 4.13. The maximum atomic E-state index is 4.19. The van der Waals surface area contributed by atoms with E-state index < -0.39 is 0 Å². The van der Waals surface area contributed by atoms with E-state index in [1.54, 1.807) is 6.33 Å². The van der Waals surface area contributed by atoms with Gasteiger partial charge in [0.25, 0.3) is 0 Å². The zero-order valence-corrected chi connectivity index (χ0v) is 14.1. The summed E-state index contributed by atoms with van der Waals surface area (Å²) in [7, 11) is 0. The molecule has 4 aromatic rings. The second kappa shape index (κ2) is 6.73. The minimum absolute atomic E-state index is 0.739. The Morgan fingerprint density at radius 1 is 0.800 bits per heavy atom. The first-order valence-electron chi connectivity index (χ1n) is 8.39. The SMILES string of the molecule is Cc1cccc(-c2ccccc2-c2ccc(Cc3nc[nH]n3)cc2)c1. The fourth-order valence-corrected chi connectivity index (χ4v) is 3.10. The second-order valence-corrected chi connectivity index (χ2v) is 6.20. The van der Waals surface area contributed by atoms with Gasteiger partial charge in [-0.05, 0) is 34.7 Å². The van der Waals surface area contributed by atoms with E-state index in [0.717, 1.165) is 12.2 Å². The van der Waals surface area contributed by atoms with Crippen LogP contribution < -0.4 is 0 Å². The number of aromatic nitrogens is 3. The lowest BCUT2D eigenvalue weighted by Gasteiger charge is -2.11. The number of benzene rings is 3. The number of hydrogen-bond donors (Lipinski definition) is 1. The van der Waals surface area contributed by atoms with Gasteiger partial charge in [0.05, 0.1) is 0 Å². The van der Waals surface area contributed by atoms with Gasteiger partial charge in [-0.1, -0.05) is 78.4 Å². The van der Waals surface area contributed by atoms with Gasteiger partial charge in [-0.3, -0.25) is 5.10 Å². The highest BCUT2D eigenvalue weighted by molar-refractivity contribution is 5.83. The van der Waals surface area contributed by atoms with E-state index in [-0.39, 0.29) is 0 Å². The average molecular weight is 325 g/mol. The molecule has 0 radical (unpaired) electrons. The number of rotatable bonds is 4. The zero-order chi connectivity index (χ0) is 17.1. The lowest BCUT2D eigenvalue weighted by Crippen LogP contribution is -1.91. The third kappa shape index (κ3) is 3.36. The number of H-pyrrole nitrogens is 1. The Hall–Kier alpha value is -3.20. The van der Waals surface area contributed by atoms with Crippen LogP contribution >= 0.6 is 0 Å². The molecule has 3 heteroatoms. The molecule has 0 aliphatic rings. The van der Waals surface area contributed by atoms with Crippen LogP contribution in [-0.2, 0) is 6.42 Å². The number of aryl methyl sites for hydroxylation is 1. The number of hydrogen-bond acceptors (Lipinski definition) is 2. The number of aromatic amines is 1. The van der Waals surface area contributed by atoms with Crippen molar-refractivity contribution >= 4 is 0 Å². The highest BCUT2D eigenvalue weighted by Gasteiger charge is 2.08. The maximum absolute atomic E-state index is 4.19. The molecule has 0 fully saturated rings. The molecule has 0 saturated heterocycles. The number of nitrogens with one attached hydrogen (secondary N) is 1. The normalized spacial score (nSPS) is 10.8. The molecule has 0 spiro atoms. The summed E-state index contributed by atoms with van der Waals surface area (Å²) in [5.41, 5.74) is 7.45.